The summed E-state index contributed by atoms with van der Waals surface area (Å²) in [6, 6.07) is 13.9. The van der Waals surface area contributed by atoms with E-state index in [2.05, 4.69) is 32.6 Å². The van der Waals surface area contributed by atoms with E-state index in [1.807, 2.05) is 39.0 Å². The third-order valence-electron chi connectivity index (χ3n) is 8.15. The smallest absolute Gasteiger partial charge is 0.434 e. The van der Waals surface area contributed by atoms with Crippen LogP contribution in [0.1, 0.15) is 62.8 Å². The minimum atomic E-state index is -4.79. The van der Waals surface area contributed by atoms with Gasteiger partial charge in [-0.15, -0.1) is 4.91 Å². The Morgan fingerprint density at radius 2 is 1.64 bits per heavy atom. The summed E-state index contributed by atoms with van der Waals surface area (Å²) in [6.45, 7) is 7.58. The third-order valence-corrected chi connectivity index (χ3v) is 8.15. The molecule has 3 atom stereocenters. The second-order valence-corrected chi connectivity index (χ2v) is 11.7. The molecular weight excluding hydrogens is 655 g/mol. The van der Waals surface area contributed by atoms with Crippen LogP contribution in [0.25, 0.3) is 0 Å². The molecule has 0 bridgehead atoms. The normalized spacial score (nSPS) is 22.0. The van der Waals surface area contributed by atoms with Gasteiger partial charge in [-0.1, -0.05) is 26.0 Å². The number of halogens is 3. The number of rotatable bonds is 10. The van der Waals surface area contributed by atoms with Gasteiger partial charge in [0.15, 0.2) is 5.69 Å². The van der Waals surface area contributed by atoms with Crippen LogP contribution < -0.4 is 21.2 Å². The Morgan fingerprint density at radius 3 is 2.26 bits per heavy atom. The van der Waals surface area contributed by atoms with Gasteiger partial charge in [-0.2, -0.15) is 13.2 Å². The fourth-order valence-electron chi connectivity index (χ4n) is 5.37. The largest absolute Gasteiger partial charge is 0.508 e. The molecule has 2 heterocycles. The van der Waals surface area contributed by atoms with Gasteiger partial charge in [-0.25, -0.2) is 4.98 Å². The molecule has 2 fully saturated rings. The lowest BCUT2D eigenvalue weighted by Crippen LogP contribution is -2.47. The molecule has 3 aromatic rings. The lowest BCUT2D eigenvalue weighted by Gasteiger charge is -2.34. The predicted molar refractivity (Wildman–Crippen MR) is 184 cm³/mol. The standard InChI is InChI=1S/C27H37NO6.C5B2F3N3O.C2H6/c1-18-16-23(10-11-24(18)29)34-22-6-2-19(3-7-22)12-14-28-20-4-8-21(9-5-20)33-17-26-27(31)25(30)13-15-32-26;6-2-1(5(8,9)10)11-4(13-14)3(7)12-2;1-2/h2-3,6-7,10-11,16,20-21,25-31H,4-5,8-9,12-15,17H2,1H3;;1-2H3. The summed E-state index contributed by atoms with van der Waals surface area (Å²) in [5.41, 5.74) is -0.848. The van der Waals surface area contributed by atoms with Crippen LogP contribution in [0.5, 0.6) is 17.2 Å². The topological polar surface area (TPSA) is 156 Å². The predicted octanol–water partition coefficient (Wildman–Crippen LogP) is 3.97. The Bertz CT molecular complexity index is 1500. The molecule has 268 valence electrons. The molecule has 5 rings (SSSR count). The highest BCUT2D eigenvalue weighted by atomic mass is 19.4. The molecule has 1 aliphatic carbocycles. The van der Waals surface area contributed by atoms with Crippen molar-refractivity contribution in [3.63, 3.8) is 0 Å². The maximum absolute atomic E-state index is 12.1. The highest BCUT2D eigenvalue weighted by molar-refractivity contribution is 6.36. The number of phenolic OH excluding ortho intramolecular Hbond substituents is 1. The highest BCUT2D eigenvalue weighted by Gasteiger charge is 2.36. The Labute approximate surface area is 292 Å². The van der Waals surface area contributed by atoms with Gasteiger partial charge >= 0.3 is 6.18 Å². The van der Waals surface area contributed by atoms with Crippen LogP contribution in [0.3, 0.4) is 0 Å². The molecule has 1 saturated carbocycles. The number of alkyl halides is 3. The number of nitrogens with zero attached hydrogens (tertiary/aromatic N) is 3. The molecule has 2 aliphatic rings. The fraction of sp³-hybridized carbons (Fsp3) is 0.529. The minimum absolute atomic E-state index is 0.192. The lowest BCUT2D eigenvalue weighted by molar-refractivity contribution is -0.163. The number of aromatic hydroxyl groups is 1. The van der Waals surface area contributed by atoms with E-state index in [0.29, 0.717) is 31.4 Å². The van der Waals surface area contributed by atoms with Gasteiger partial charge < -0.3 is 34.8 Å². The number of phenols is 1. The van der Waals surface area contributed by atoms with Crippen molar-refractivity contribution in [3.05, 3.63) is 64.2 Å². The van der Waals surface area contributed by atoms with E-state index in [1.54, 1.807) is 12.1 Å². The molecule has 0 spiro atoms. The van der Waals surface area contributed by atoms with Gasteiger partial charge in [-0.05, 0) is 98.6 Å². The van der Waals surface area contributed by atoms with Crippen molar-refractivity contribution in [2.45, 2.75) is 95.9 Å². The fourth-order valence-corrected chi connectivity index (χ4v) is 5.37. The number of nitrogens with one attached hydrogen (secondary N) is 1. The first-order valence-corrected chi connectivity index (χ1v) is 16.6. The molecule has 1 aromatic heterocycles. The molecule has 3 unspecified atom stereocenters. The Kier molecular flexibility index (Phi) is 16.1. The van der Waals surface area contributed by atoms with E-state index in [4.69, 9.17) is 29.9 Å². The summed E-state index contributed by atoms with van der Waals surface area (Å²) >= 11 is 0. The van der Waals surface area contributed by atoms with Crippen molar-refractivity contribution in [1.29, 1.82) is 0 Å². The number of aliphatic hydroxyl groups is 2. The highest BCUT2D eigenvalue weighted by Crippen LogP contribution is 2.28. The van der Waals surface area contributed by atoms with Gasteiger partial charge in [0, 0.05) is 23.8 Å². The Balaban J connectivity index is 0.000000354. The van der Waals surface area contributed by atoms with Crippen molar-refractivity contribution in [3.8, 4) is 17.2 Å². The molecule has 50 heavy (non-hydrogen) atoms. The van der Waals surface area contributed by atoms with Crippen molar-refractivity contribution in [1.82, 2.24) is 15.3 Å². The minimum Gasteiger partial charge on any atom is -0.508 e. The first-order chi connectivity index (χ1) is 23.8. The Hall–Kier alpha value is -3.56. The zero-order valence-electron chi connectivity index (χ0n) is 28.4. The van der Waals surface area contributed by atoms with E-state index >= 15 is 0 Å². The number of aliphatic hydroxyl groups excluding tert-OH is 2. The van der Waals surface area contributed by atoms with Crippen LogP contribution in [-0.2, 0) is 22.1 Å². The van der Waals surface area contributed by atoms with Crippen LogP contribution >= 0.6 is 0 Å². The monoisotopic (exact) mass is 698 g/mol. The number of hydrogen-bond donors (Lipinski definition) is 4. The summed E-state index contributed by atoms with van der Waals surface area (Å²) in [4.78, 5) is 15.9. The van der Waals surface area contributed by atoms with Crippen molar-refractivity contribution < 1.29 is 42.7 Å². The lowest BCUT2D eigenvalue weighted by atomic mass is 9.92. The van der Waals surface area contributed by atoms with Gasteiger partial charge in [0.1, 0.15) is 45.1 Å². The SMILES string of the molecule is CC.Cc1cc(Oc2ccc(CCNC3CCC(OCC4OCCC(O)C4O)CC3)cc2)ccc1O.[B]c1nc([B])c(C(F)(F)F)nc1N=O. The van der Waals surface area contributed by atoms with Crippen molar-refractivity contribution >= 4 is 32.7 Å². The zero-order chi connectivity index (χ0) is 36.8. The van der Waals surface area contributed by atoms with Crippen molar-refractivity contribution in [2.24, 2.45) is 5.18 Å². The van der Waals surface area contributed by atoms with Gasteiger partial charge in [0.2, 0.25) is 5.82 Å². The molecule has 1 aliphatic heterocycles. The maximum atomic E-state index is 12.1. The van der Waals surface area contributed by atoms with E-state index in [-0.39, 0.29) is 11.9 Å². The van der Waals surface area contributed by atoms with Crippen LogP contribution in [0.4, 0.5) is 19.0 Å². The molecule has 4 radical (unpaired) electrons. The summed E-state index contributed by atoms with van der Waals surface area (Å²) in [6.07, 6.45) is -1.04. The molecule has 0 amide bonds. The van der Waals surface area contributed by atoms with E-state index in [9.17, 15) is 33.4 Å². The second-order valence-electron chi connectivity index (χ2n) is 11.7. The number of ether oxygens (including phenoxy) is 3. The van der Waals surface area contributed by atoms with E-state index in [0.717, 1.165) is 50.0 Å². The maximum Gasteiger partial charge on any atom is 0.434 e. The molecule has 1 saturated heterocycles. The number of benzene rings is 2. The zero-order valence-corrected chi connectivity index (χ0v) is 28.4. The van der Waals surface area contributed by atoms with Crippen LogP contribution in [0.2, 0.25) is 0 Å². The van der Waals surface area contributed by atoms with Crippen molar-refractivity contribution in [2.75, 3.05) is 19.8 Å². The summed E-state index contributed by atoms with van der Waals surface area (Å²) in [5.74, 6) is 0.933. The van der Waals surface area contributed by atoms with Crippen LogP contribution in [0, 0.1) is 11.8 Å². The van der Waals surface area contributed by atoms with Gasteiger partial charge in [-0.3, -0.25) is 4.98 Å². The van der Waals surface area contributed by atoms with E-state index in [1.165, 1.54) is 5.56 Å². The summed E-state index contributed by atoms with van der Waals surface area (Å²) < 4.78 is 53.8. The quantitative estimate of drug-likeness (QED) is 0.181. The summed E-state index contributed by atoms with van der Waals surface area (Å²) in [5, 5.41) is 35.3. The van der Waals surface area contributed by atoms with Crippen LogP contribution in [-0.4, -0.2) is 91.2 Å². The van der Waals surface area contributed by atoms with Gasteiger partial charge in [0.05, 0.1) is 18.8 Å². The van der Waals surface area contributed by atoms with Crippen LogP contribution in [0.15, 0.2) is 47.6 Å². The molecule has 2 aromatic carbocycles. The molecule has 4 N–H and O–H groups in total. The van der Waals surface area contributed by atoms with E-state index < -0.39 is 47.2 Å². The molecule has 11 nitrogen and oxygen atoms in total. The average molecular weight is 698 g/mol. The molecule has 16 heteroatoms. The average Bonchev–Trinajstić information content (AvgIpc) is 3.09. The third kappa shape index (κ3) is 12.3. The molecular formula is C34H43B2F3N4O7. The first kappa shape index (κ1) is 40.9. The number of aromatic nitrogens is 2. The second kappa shape index (κ2) is 19.7. The van der Waals surface area contributed by atoms with Gasteiger partial charge in [0.25, 0.3) is 0 Å². The number of aryl methyl sites for hydroxylation is 1. The summed E-state index contributed by atoms with van der Waals surface area (Å²) in [7, 11) is 9.94. The number of nitroso groups, excluding NO2 is 1. The Morgan fingerprint density at radius 1 is 0.980 bits per heavy atom. The first-order valence-electron chi connectivity index (χ1n) is 16.6. The number of hydrogen-bond acceptors (Lipinski definition) is 11.